The lowest BCUT2D eigenvalue weighted by Gasteiger charge is -2.07. The highest BCUT2D eigenvalue weighted by Gasteiger charge is 2.24. The average Bonchev–Trinajstić information content (AvgIpc) is 3.24. The van der Waals surface area contributed by atoms with E-state index in [2.05, 4.69) is 10.1 Å². The van der Waals surface area contributed by atoms with E-state index in [1.54, 1.807) is 48.5 Å². The Bertz CT molecular complexity index is 1140. The number of rotatable bonds is 4. The molecule has 0 radical (unpaired) electrons. The van der Waals surface area contributed by atoms with Gasteiger partial charge in [0.15, 0.2) is 5.69 Å². The first-order valence-corrected chi connectivity index (χ1v) is 7.79. The third-order valence-electron chi connectivity index (χ3n) is 4.11. The largest absolute Gasteiger partial charge is 0.477 e. The monoisotopic (exact) mass is 347 g/mol. The number of hydrogen-bond donors (Lipinski definition) is 3. The summed E-state index contributed by atoms with van der Waals surface area (Å²) in [5.41, 5.74) is 1.90. The minimum atomic E-state index is -1.18. The molecule has 0 fully saturated rings. The number of para-hydroxylation sites is 2. The quantitative estimate of drug-likeness (QED) is 0.524. The third kappa shape index (κ3) is 2.42. The Balaban J connectivity index is 2.08. The van der Waals surface area contributed by atoms with Crippen LogP contribution >= 0.6 is 0 Å². The molecule has 2 aromatic carbocycles. The van der Waals surface area contributed by atoms with Crippen molar-refractivity contribution < 1.29 is 19.8 Å². The van der Waals surface area contributed by atoms with Gasteiger partial charge in [0.1, 0.15) is 5.69 Å². The second kappa shape index (κ2) is 5.89. The molecule has 7 nitrogen and oxygen atoms in total. The second-order valence-corrected chi connectivity index (χ2v) is 5.69. The van der Waals surface area contributed by atoms with Crippen LogP contribution in [-0.4, -0.2) is 36.9 Å². The van der Waals surface area contributed by atoms with Gasteiger partial charge in [-0.1, -0.05) is 36.4 Å². The summed E-state index contributed by atoms with van der Waals surface area (Å²) in [5, 5.41) is 23.8. The molecule has 0 atom stereocenters. The number of benzene rings is 2. The average molecular weight is 347 g/mol. The van der Waals surface area contributed by atoms with Gasteiger partial charge in [0, 0.05) is 16.5 Å². The van der Waals surface area contributed by atoms with Crippen molar-refractivity contribution in [2.45, 2.75) is 0 Å². The molecule has 0 aliphatic carbocycles. The molecule has 7 heteroatoms. The Kier molecular flexibility index (Phi) is 3.54. The molecule has 0 aliphatic heterocycles. The number of carboxylic acid groups (broad SMARTS) is 2. The van der Waals surface area contributed by atoms with Gasteiger partial charge in [-0.2, -0.15) is 5.10 Å². The van der Waals surface area contributed by atoms with Crippen molar-refractivity contribution in [3.8, 4) is 16.9 Å². The zero-order valence-corrected chi connectivity index (χ0v) is 13.4. The van der Waals surface area contributed by atoms with Crippen LogP contribution in [0.4, 0.5) is 0 Å². The van der Waals surface area contributed by atoms with Crippen LogP contribution in [0.25, 0.3) is 27.8 Å². The van der Waals surface area contributed by atoms with Gasteiger partial charge in [-0.3, -0.25) is 0 Å². The summed E-state index contributed by atoms with van der Waals surface area (Å²) in [5.74, 6) is -2.31. The summed E-state index contributed by atoms with van der Waals surface area (Å²) in [6.07, 6.45) is 0. The van der Waals surface area contributed by atoms with E-state index < -0.39 is 11.9 Å². The number of aromatic nitrogens is 3. The van der Waals surface area contributed by atoms with Gasteiger partial charge < -0.3 is 15.2 Å². The maximum absolute atomic E-state index is 11.8. The molecule has 128 valence electrons. The molecule has 2 aromatic heterocycles. The first kappa shape index (κ1) is 15.6. The first-order chi connectivity index (χ1) is 12.6. The fourth-order valence-electron chi connectivity index (χ4n) is 3.00. The van der Waals surface area contributed by atoms with Gasteiger partial charge in [0.2, 0.25) is 0 Å². The van der Waals surface area contributed by atoms with Gasteiger partial charge in [-0.25, -0.2) is 14.3 Å². The summed E-state index contributed by atoms with van der Waals surface area (Å²) in [6.45, 7) is 0. The fourth-order valence-corrected chi connectivity index (χ4v) is 3.00. The lowest BCUT2D eigenvalue weighted by Crippen LogP contribution is -2.04. The number of hydrogen-bond acceptors (Lipinski definition) is 3. The van der Waals surface area contributed by atoms with Crippen molar-refractivity contribution in [2.75, 3.05) is 0 Å². The van der Waals surface area contributed by atoms with E-state index in [1.165, 1.54) is 10.7 Å². The van der Waals surface area contributed by atoms with Crippen molar-refractivity contribution in [1.29, 1.82) is 0 Å². The van der Waals surface area contributed by atoms with E-state index >= 15 is 0 Å². The highest BCUT2D eigenvalue weighted by atomic mass is 16.4. The molecule has 4 rings (SSSR count). The maximum atomic E-state index is 11.8. The summed E-state index contributed by atoms with van der Waals surface area (Å²) in [4.78, 5) is 26.1. The SMILES string of the molecule is O=C(O)c1cc(-c2c(C(=O)O)[nH]c3ccccc23)n(-c2ccccc2)n1. The third-order valence-corrected chi connectivity index (χ3v) is 4.11. The summed E-state index contributed by atoms with van der Waals surface area (Å²) in [7, 11) is 0. The molecular formula is C19H13N3O4. The standard InChI is InChI=1S/C19H13N3O4/c23-18(24)14-10-15(22(21-14)11-6-2-1-3-7-11)16-12-8-4-5-9-13(12)20-17(16)19(25)26/h1-10,20H,(H,23,24)(H,25,26). The molecule has 0 bridgehead atoms. The minimum absolute atomic E-state index is 0.0137. The van der Waals surface area contributed by atoms with E-state index in [4.69, 9.17) is 0 Å². The zero-order valence-electron chi connectivity index (χ0n) is 13.4. The Morgan fingerprint density at radius 3 is 2.31 bits per heavy atom. The lowest BCUT2D eigenvalue weighted by atomic mass is 10.1. The molecule has 26 heavy (non-hydrogen) atoms. The Morgan fingerprint density at radius 2 is 1.62 bits per heavy atom. The number of aromatic amines is 1. The highest BCUT2D eigenvalue weighted by Crippen LogP contribution is 2.34. The summed E-state index contributed by atoms with van der Waals surface area (Å²) < 4.78 is 1.45. The number of nitrogens with zero attached hydrogens (tertiary/aromatic N) is 2. The molecule has 2 heterocycles. The molecule has 0 amide bonds. The number of nitrogens with one attached hydrogen (secondary N) is 1. The van der Waals surface area contributed by atoms with Crippen LogP contribution in [-0.2, 0) is 0 Å². The molecule has 0 saturated heterocycles. The van der Waals surface area contributed by atoms with E-state index in [0.29, 0.717) is 27.8 Å². The molecule has 4 aromatic rings. The maximum Gasteiger partial charge on any atom is 0.356 e. The summed E-state index contributed by atoms with van der Waals surface area (Å²) in [6, 6.07) is 17.5. The van der Waals surface area contributed by atoms with Crippen LogP contribution < -0.4 is 0 Å². The molecule has 0 saturated carbocycles. The van der Waals surface area contributed by atoms with Gasteiger partial charge in [0.25, 0.3) is 0 Å². The zero-order chi connectivity index (χ0) is 18.3. The Hall–Kier alpha value is -3.87. The number of carbonyl (C=O) groups is 2. The van der Waals surface area contributed by atoms with Gasteiger partial charge in [-0.15, -0.1) is 0 Å². The Labute approximate surface area is 147 Å². The minimum Gasteiger partial charge on any atom is -0.477 e. The first-order valence-electron chi connectivity index (χ1n) is 7.79. The van der Waals surface area contributed by atoms with E-state index in [9.17, 15) is 19.8 Å². The van der Waals surface area contributed by atoms with Crippen LogP contribution in [0.1, 0.15) is 21.0 Å². The van der Waals surface area contributed by atoms with E-state index in [1.807, 2.05) is 6.07 Å². The van der Waals surface area contributed by atoms with Crippen molar-refractivity contribution in [3.63, 3.8) is 0 Å². The van der Waals surface area contributed by atoms with Crippen LogP contribution in [0.15, 0.2) is 60.7 Å². The van der Waals surface area contributed by atoms with Gasteiger partial charge in [0.05, 0.1) is 11.4 Å². The smallest absolute Gasteiger partial charge is 0.356 e. The van der Waals surface area contributed by atoms with Crippen LogP contribution in [0, 0.1) is 0 Å². The molecule has 0 aliphatic rings. The topological polar surface area (TPSA) is 108 Å². The van der Waals surface area contributed by atoms with Gasteiger partial charge in [-0.05, 0) is 24.3 Å². The van der Waals surface area contributed by atoms with Crippen LogP contribution in [0.3, 0.4) is 0 Å². The molecule has 0 unspecified atom stereocenters. The normalized spacial score (nSPS) is 10.9. The Morgan fingerprint density at radius 1 is 0.923 bits per heavy atom. The molecule has 3 N–H and O–H groups in total. The predicted octanol–water partition coefficient (Wildman–Crippen LogP) is 3.42. The summed E-state index contributed by atoms with van der Waals surface area (Å²) >= 11 is 0. The van der Waals surface area contributed by atoms with Crippen molar-refractivity contribution in [1.82, 2.24) is 14.8 Å². The highest BCUT2D eigenvalue weighted by molar-refractivity contribution is 6.07. The van der Waals surface area contributed by atoms with Crippen LogP contribution in [0.5, 0.6) is 0 Å². The number of H-pyrrole nitrogens is 1. The van der Waals surface area contributed by atoms with Crippen LogP contribution in [0.2, 0.25) is 0 Å². The van der Waals surface area contributed by atoms with E-state index in [0.717, 1.165) is 0 Å². The molecule has 0 spiro atoms. The number of carboxylic acids is 2. The molecular weight excluding hydrogens is 334 g/mol. The van der Waals surface area contributed by atoms with Crippen molar-refractivity contribution in [3.05, 3.63) is 72.1 Å². The lowest BCUT2D eigenvalue weighted by molar-refractivity contribution is 0.0680. The predicted molar refractivity (Wildman–Crippen MR) is 94.8 cm³/mol. The number of aromatic carboxylic acids is 2. The van der Waals surface area contributed by atoms with Crippen molar-refractivity contribution >= 4 is 22.8 Å². The van der Waals surface area contributed by atoms with Gasteiger partial charge >= 0.3 is 11.9 Å². The number of fused-ring (bicyclic) bond motifs is 1. The fraction of sp³-hybridized carbons (Fsp3) is 0. The van der Waals surface area contributed by atoms with Crippen molar-refractivity contribution in [2.24, 2.45) is 0 Å². The second-order valence-electron chi connectivity index (χ2n) is 5.69. The van der Waals surface area contributed by atoms with E-state index in [-0.39, 0.29) is 11.4 Å².